The van der Waals surface area contributed by atoms with Gasteiger partial charge >= 0.3 is 6.03 Å². The molecule has 1 aliphatic carbocycles. The molecule has 0 saturated carbocycles. The highest BCUT2D eigenvalue weighted by Gasteiger charge is 2.24. The second-order valence-corrected chi connectivity index (χ2v) is 9.66. The maximum atomic E-state index is 12.9. The van der Waals surface area contributed by atoms with E-state index in [1.54, 1.807) is 12.7 Å². The Kier molecular flexibility index (Phi) is 6.68. The third kappa shape index (κ3) is 5.25. The lowest BCUT2D eigenvalue weighted by Crippen LogP contribution is -2.40. The van der Waals surface area contributed by atoms with Crippen LogP contribution in [0.4, 0.5) is 10.5 Å². The topological polar surface area (TPSA) is 44.8 Å². The molecule has 3 aliphatic rings. The summed E-state index contributed by atoms with van der Waals surface area (Å²) in [6.07, 6.45) is 9.22. The van der Waals surface area contributed by atoms with Crippen LogP contribution in [-0.4, -0.2) is 55.7 Å². The Labute approximate surface area is 197 Å². The molecular weight excluding hydrogens is 410 g/mol. The molecule has 2 heterocycles. The normalized spacial score (nSPS) is 19.2. The average molecular weight is 446 g/mol. The van der Waals surface area contributed by atoms with Gasteiger partial charge in [0.05, 0.1) is 7.11 Å². The maximum Gasteiger partial charge on any atom is 0.321 e. The zero-order valence-electron chi connectivity index (χ0n) is 19.7. The van der Waals surface area contributed by atoms with Gasteiger partial charge in [-0.1, -0.05) is 29.8 Å². The summed E-state index contributed by atoms with van der Waals surface area (Å²) < 4.78 is 5.26. The molecule has 2 saturated heterocycles. The van der Waals surface area contributed by atoms with Gasteiger partial charge < -0.3 is 15.0 Å². The van der Waals surface area contributed by atoms with Crippen LogP contribution in [0.3, 0.4) is 0 Å². The minimum atomic E-state index is 0.0178. The molecular formula is C28H35N3O2. The number of likely N-dealkylation sites (tertiary alicyclic amines) is 2. The molecule has 0 bridgehead atoms. The molecule has 2 aromatic rings. The van der Waals surface area contributed by atoms with Gasteiger partial charge in [-0.3, -0.25) is 4.90 Å². The lowest BCUT2D eigenvalue weighted by atomic mass is 9.89. The van der Waals surface area contributed by atoms with Crippen LogP contribution in [0, 0.1) is 0 Å². The van der Waals surface area contributed by atoms with E-state index in [2.05, 4.69) is 46.6 Å². The van der Waals surface area contributed by atoms with Crippen LogP contribution < -0.4 is 10.1 Å². The van der Waals surface area contributed by atoms with Gasteiger partial charge in [0.15, 0.2) is 0 Å². The van der Waals surface area contributed by atoms with Crippen molar-refractivity contribution in [1.29, 1.82) is 0 Å². The molecule has 2 aliphatic heterocycles. The van der Waals surface area contributed by atoms with Crippen LogP contribution in [0.5, 0.6) is 5.75 Å². The zero-order chi connectivity index (χ0) is 22.6. The number of carbonyl (C=O) groups is 1. The summed E-state index contributed by atoms with van der Waals surface area (Å²) >= 11 is 0. The lowest BCUT2D eigenvalue weighted by molar-refractivity contribution is 0.194. The number of urea groups is 1. The minimum Gasteiger partial charge on any atom is -0.497 e. The van der Waals surface area contributed by atoms with Crippen molar-refractivity contribution in [2.24, 2.45) is 0 Å². The first-order valence-electron chi connectivity index (χ1n) is 12.4. The predicted octanol–water partition coefficient (Wildman–Crippen LogP) is 5.53. The fourth-order valence-corrected chi connectivity index (χ4v) is 5.48. The Balaban J connectivity index is 1.15. The number of aryl methyl sites for hydroxylation is 1. The zero-order valence-corrected chi connectivity index (χ0v) is 19.7. The number of amides is 2. The smallest absolute Gasteiger partial charge is 0.321 e. The van der Waals surface area contributed by atoms with Gasteiger partial charge in [-0.15, -0.1) is 0 Å². The van der Waals surface area contributed by atoms with Gasteiger partial charge in [0.1, 0.15) is 5.75 Å². The van der Waals surface area contributed by atoms with E-state index >= 15 is 0 Å². The number of benzene rings is 2. The summed E-state index contributed by atoms with van der Waals surface area (Å²) in [7, 11) is 1.69. The molecule has 5 nitrogen and oxygen atoms in total. The van der Waals surface area contributed by atoms with E-state index in [9.17, 15) is 4.79 Å². The number of methoxy groups -OCH3 is 1. The first-order chi connectivity index (χ1) is 16.2. The summed E-state index contributed by atoms with van der Waals surface area (Å²) in [5.41, 5.74) is 6.45. The quantitative estimate of drug-likeness (QED) is 0.658. The van der Waals surface area contributed by atoms with E-state index in [0.29, 0.717) is 5.92 Å². The van der Waals surface area contributed by atoms with Crippen molar-refractivity contribution in [3.05, 3.63) is 64.7 Å². The average Bonchev–Trinajstić information content (AvgIpc) is 3.37. The van der Waals surface area contributed by atoms with Crippen LogP contribution in [0.2, 0.25) is 0 Å². The number of fused-ring (bicyclic) bond motifs is 1. The van der Waals surface area contributed by atoms with Crippen molar-refractivity contribution in [3.63, 3.8) is 0 Å². The van der Waals surface area contributed by atoms with Gasteiger partial charge in [0.25, 0.3) is 0 Å². The van der Waals surface area contributed by atoms with Crippen molar-refractivity contribution in [2.75, 3.05) is 45.2 Å². The number of hydrogen-bond donors (Lipinski definition) is 1. The summed E-state index contributed by atoms with van der Waals surface area (Å²) in [4.78, 5) is 17.4. The molecule has 33 heavy (non-hydrogen) atoms. The minimum absolute atomic E-state index is 0.0178. The first-order valence-corrected chi connectivity index (χ1v) is 12.4. The molecule has 2 amide bonds. The fraction of sp³-hybridized carbons (Fsp3) is 0.464. The SMILES string of the molecule is COc1ccc(C2CCN(C(=O)Nc3ccc4c(c3)CCC(CN3CCCC3)=C4)CC2)cc1. The molecule has 174 valence electrons. The number of nitrogens with one attached hydrogen (secondary N) is 1. The van der Waals surface area contributed by atoms with E-state index in [1.807, 2.05) is 17.0 Å². The number of anilines is 1. The van der Waals surface area contributed by atoms with Crippen molar-refractivity contribution >= 4 is 17.8 Å². The predicted molar refractivity (Wildman–Crippen MR) is 134 cm³/mol. The van der Waals surface area contributed by atoms with E-state index < -0.39 is 0 Å². The van der Waals surface area contributed by atoms with Crippen molar-refractivity contribution in [3.8, 4) is 5.75 Å². The first kappa shape index (κ1) is 22.0. The van der Waals surface area contributed by atoms with E-state index in [4.69, 9.17) is 4.74 Å². The largest absolute Gasteiger partial charge is 0.497 e. The van der Waals surface area contributed by atoms with Gasteiger partial charge in [-0.2, -0.15) is 0 Å². The van der Waals surface area contributed by atoms with Crippen LogP contribution >= 0.6 is 0 Å². The van der Waals surface area contributed by atoms with Gasteiger partial charge in [-0.25, -0.2) is 4.79 Å². The Hall–Kier alpha value is -2.79. The summed E-state index contributed by atoms with van der Waals surface area (Å²) in [6.45, 7) is 5.18. The standard InChI is InChI=1S/C28H35N3O2/c1-33-27-10-7-22(8-11-27)23-12-16-31(17-13-23)28(32)29-26-9-6-24-18-21(4-5-25(24)19-26)20-30-14-2-3-15-30/h6-11,18-19,23H,2-5,12-17,20H2,1H3,(H,29,32). The van der Waals surface area contributed by atoms with Crippen LogP contribution in [0.1, 0.15) is 54.7 Å². The van der Waals surface area contributed by atoms with Gasteiger partial charge in [0.2, 0.25) is 0 Å². The molecule has 0 atom stereocenters. The highest BCUT2D eigenvalue weighted by atomic mass is 16.5. The van der Waals surface area contributed by atoms with Gasteiger partial charge in [-0.05, 0) is 98.5 Å². The molecule has 5 rings (SSSR count). The summed E-state index contributed by atoms with van der Waals surface area (Å²) in [6, 6.07) is 14.8. The third-order valence-corrected chi connectivity index (χ3v) is 7.46. The second kappa shape index (κ2) is 10.0. The molecule has 0 spiro atoms. The number of carbonyl (C=O) groups excluding carboxylic acids is 1. The molecule has 0 aromatic heterocycles. The summed E-state index contributed by atoms with van der Waals surface area (Å²) in [5, 5.41) is 3.14. The monoisotopic (exact) mass is 445 g/mol. The van der Waals surface area contributed by atoms with Crippen LogP contribution in [0.25, 0.3) is 6.08 Å². The lowest BCUT2D eigenvalue weighted by Gasteiger charge is -2.32. The Morgan fingerprint density at radius 3 is 2.48 bits per heavy atom. The number of nitrogens with zero attached hydrogens (tertiary/aromatic N) is 2. The molecule has 5 heteroatoms. The van der Waals surface area contributed by atoms with E-state index in [0.717, 1.165) is 56.8 Å². The molecule has 1 N–H and O–H groups in total. The van der Waals surface area contributed by atoms with Gasteiger partial charge in [0, 0.05) is 25.3 Å². The number of rotatable bonds is 5. The Morgan fingerprint density at radius 1 is 1.00 bits per heavy atom. The number of piperidine rings is 1. The molecule has 0 radical (unpaired) electrons. The Bertz CT molecular complexity index is 1000. The number of hydrogen-bond acceptors (Lipinski definition) is 3. The Morgan fingerprint density at radius 2 is 1.76 bits per heavy atom. The van der Waals surface area contributed by atoms with E-state index in [1.165, 1.54) is 42.6 Å². The van der Waals surface area contributed by atoms with E-state index in [-0.39, 0.29) is 6.03 Å². The highest BCUT2D eigenvalue weighted by molar-refractivity contribution is 5.89. The van der Waals surface area contributed by atoms with Crippen LogP contribution in [0.15, 0.2) is 48.0 Å². The van der Waals surface area contributed by atoms with Crippen molar-refractivity contribution < 1.29 is 9.53 Å². The fourth-order valence-electron chi connectivity index (χ4n) is 5.48. The molecule has 2 fully saturated rings. The third-order valence-electron chi connectivity index (χ3n) is 7.46. The van der Waals surface area contributed by atoms with Crippen molar-refractivity contribution in [2.45, 2.75) is 44.4 Å². The number of ether oxygens (including phenoxy) is 1. The van der Waals surface area contributed by atoms with Crippen molar-refractivity contribution in [1.82, 2.24) is 9.80 Å². The second-order valence-electron chi connectivity index (χ2n) is 9.66. The summed E-state index contributed by atoms with van der Waals surface area (Å²) in [5.74, 6) is 1.39. The van der Waals surface area contributed by atoms with Crippen LogP contribution in [-0.2, 0) is 6.42 Å². The molecule has 0 unspecified atom stereocenters. The molecule has 2 aromatic carbocycles. The maximum absolute atomic E-state index is 12.9. The highest BCUT2D eigenvalue weighted by Crippen LogP contribution is 2.30.